The molecule has 0 fully saturated rings. The third-order valence-electron chi connectivity index (χ3n) is 3.53. The van der Waals surface area contributed by atoms with Crippen LogP contribution < -0.4 is 15.4 Å². The molecule has 3 N–H and O–H groups in total. The first-order valence-electron chi connectivity index (χ1n) is 7.36. The fourth-order valence-electron chi connectivity index (χ4n) is 2.34. The molecule has 23 heavy (non-hydrogen) atoms. The summed E-state index contributed by atoms with van der Waals surface area (Å²) in [5.74, 6) is 0.373. The number of urea groups is 1. The molecule has 0 unspecified atom stereocenters. The van der Waals surface area contributed by atoms with E-state index < -0.39 is 19.1 Å². The van der Waals surface area contributed by atoms with E-state index in [0.29, 0.717) is 23.4 Å². The van der Waals surface area contributed by atoms with Crippen LogP contribution in [-0.2, 0) is 0 Å². The molecule has 2 amide bonds. The van der Waals surface area contributed by atoms with Crippen molar-refractivity contribution in [2.24, 2.45) is 5.92 Å². The number of carbonyl (C=O) groups excluding carboxylic acids is 1. The van der Waals surface area contributed by atoms with Gasteiger partial charge in [0.25, 0.3) is 6.43 Å². The van der Waals surface area contributed by atoms with Gasteiger partial charge in [0.1, 0.15) is 12.4 Å². The van der Waals surface area contributed by atoms with E-state index in [-0.39, 0.29) is 18.6 Å². The number of benzene rings is 1. The highest BCUT2D eigenvalue weighted by atomic mass is 19.3. The average Bonchev–Trinajstić information content (AvgIpc) is 2.95. The lowest BCUT2D eigenvalue weighted by atomic mass is 10.1. The molecule has 0 spiro atoms. The molecule has 5 nitrogen and oxygen atoms in total. The number of rotatable bonds is 6. The molecule has 0 heterocycles. The maximum absolute atomic E-state index is 12.2. The highest BCUT2D eigenvalue weighted by molar-refractivity contribution is 5.89. The van der Waals surface area contributed by atoms with Crippen molar-refractivity contribution in [3.8, 4) is 5.75 Å². The van der Waals surface area contributed by atoms with Crippen LogP contribution in [0, 0.1) is 12.8 Å². The van der Waals surface area contributed by atoms with Crippen LogP contribution in [0.25, 0.3) is 0 Å². The molecule has 0 saturated carbocycles. The molecule has 1 aromatic rings. The Bertz CT molecular complexity index is 578. The van der Waals surface area contributed by atoms with Crippen molar-refractivity contribution in [2.45, 2.75) is 25.8 Å². The number of halogens is 2. The minimum Gasteiger partial charge on any atom is -0.487 e. The van der Waals surface area contributed by atoms with Crippen LogP contribution >= 0.6 is 0 Å². The van der Waals surface area contributed by atoms with Gasteiger partial charge >= 0.3 is 6.03 Å². The van der Waals surface area contributed by atoms with Crippen LogP contribution in [0.15, 0.2) is 30.4 Å². The minimum absolute atomic E-state index is 0.0547. The van der Waals surface area contributed by atoms with E-state index in [4.69, 9.17) is 9.84 Å². The van der Waals surface area contributed by atoms with Crippen molar-refractivity contribution < 1.29 is 23.4 Å². The molecule has 7 heteroatoms. The number of ether oxygens (including phenoxy) is 1. The molecule has 0 aromatic heterocycles. The first kappa shape index (κ1) is 17.2. The normalized spacial score (nSPS) is 19.9. The second-order valence-corrected chi connectivity index (χ2v) is 5.45. The predicted octanol–water partition coefficient (Wildman–Crippen LogP) is 2.70. The smallest absolute Gasteiger partial charge is 0.319 e. The van der Waals surface area contributed by atoms with Gasteiger partial charge in [0.2, 0.25) is 0 Å². The summed E-state index contributed by atoms with van der Waals surface area (Å²) in [6.07, 6.45) is 1.81. The van der Waals surface area contributed by atoms with Crippen molar-refractivity contribution >= 4 is 11.7 Å². The lowest BCUT2D eigenvalue weighted by Gasteiger charge is -2.15. The first-order valence-corrected chi connectivity index (χ1v) is 7.36. The van der Waals surface area contributed by atoms with Gasteiger partial charge in [-0.3, -0.25) is 0 Å². The number of aryl methyl sites for hydroxylation is 1. The third-order valence-corrected chi connectivity index (χ3v) is 3.53. The maximum atomic E-state index is 12.2. The number of alkyl halides is 2. The van der Waals surface area contributed by atoms with Gasteiger partial charge in [-0.05, 0) is 25.0 Å². The van der Waals surface area contributed by atoms with Gasteiger partial charge in [0.15, 0.2) is 0 Å². The van der Waals surface area contributed by atoms with Crippen molar-refractivity contribution in [3.05, 3.63) is 35.9 Å². The van der Waals surface area contributed by atoms with Gasteiger partial charge in [-0.15, -0.1) is 0 Å². The maximum Gasteiger partial charge on any atom is 0.319 e. The second-order valence-electron chi connectivity index (χ2n) is 5.45. The van der Waals surface area contributed by atoms with Crippen LogP contribution in [0.4, 0.5) is 19.3 Å². The molecule has 0 bridgehead atoms. The Balaban J connectivity index is 1.90. The van der Waals surface area contributed by atoms with E-state index in [2.05, 4.69) is 10.6 Å². The SMILES string of the molecule is Cc1ccc(NC(=O)N[C@@H]2C=C[C@H](CO)C2)cc1OCC(F)F. The number of aliphatic hydroxyl groups excluding tert-OH is 1. The lowest BCUT2D eigenvalue weighted by Crippen LogP contribution is -2.36. The minimum atomic E-state index is -2.55. The molecular formula is C16H20F2N2O3. The van der Waals surface area contributed by atoms with E-state index in [9.17, 15) is 13.6 Å². The van der Waals surface area contributed by atoms with E-state index in [1.165, 1.54) is 6.07 Å². The summed E-state index contributed by atoms with van der Waals surface area (Å²) in [5, 5.41) is 14.5. The number of anilines is 1. The summed E-state index contributed by atoms with van der Waals surface area (Å²) in [4.78, 5) is 11.9. The summed E-state index contributed by atoms with van der Waals surface area (Å²) in [6.45, 7) is 1.11. The predicted molar refractivity (Wildman–Crippen MR) is 83.0 cm³/mol. The molecule has 2 atom stereocenters. The van der Waals surface area contributed by atoms with E-state index >= 15 is 0 Å². The zero-order valence-electron chi connectivity index (χ0n) is 12.8. The van der Waals surface area contributed by atoms with Crippen LogP contribution in [0.3, 0.4) is 0 Å². The standard InChI is InChI=1S/C16H20F2N2O3/c1-10-2-4-13(7-14(10)23-9-15(17)18)20-16(22)19-12-5-3-11(6-12)8-21/h2-5,7,11-12,15,21H,6,8-9H2,1H3,(H2,19,20,22)/t11-,12+/m0/s1. The number of carbonyl (C=O) groups is 1. The lowest BCUT2D eigenvalue weighted by molar-refractivity contribution is 0.0816. The number of nitrogens with one attached hydrogen (secondary N) is 2. The Kier molecular flexibility index (Phi) is 5.92. The van der Waals surface area contributed by atoms with Gasteiger partial charge in [-0.1, -0.05) is 18.2 Å². The molecule has 1 aromatic carbocycles. The number of amides is 2. The monoisotopic (exact) mass is 326 g/mol. The van der Waals surface area contributed by atoms with Gasteiger partial charge in [0.05, 0.1) is 0 Å². The van der Waals surface area contributed by atoms with E-state index in [1.807, 2.05) is 12.2 Å². The zero-order chi connectivity index (χ0) is 16.8. The fourth-order valence-corrected chi connectivity index (χ4v) is 2.34. The topological polar surface area (TPSA) is 70.6 Å². The molecule has 1 aliphatic rings. The van der Waals surface area contributed by atoms with Crippen molar-refractivity contribution in [1.29, 1.82) is 0 Å². The Morgan fingerprint density at radius 3 is 2.87 bits per heavy atom. The highest BCUT2D eigenvalue weighted by Crippen LogP contribution is 2.23. The Morgan fingerprint density at radius 1 is 1.43 bits per heavy atom. The molecule has 0 radical (unpaired) electrons. The molecular weight excluding hydrogens is 306 g/mol. The Morgan fingerprint density at radius 2 is 2.22 bits per heavy atom. The molecule has 0 aliphatic heterocycles. The second kappa shape index (κ2) is 7.92. The Hall–Kier alpha value is -2.15. The van der Waals surface area contributed by atoms with E-state index in [1.54, 1.807) is 19.1 Å². The number of hydrogen-bond acceptors (Lipinski definition) is 3. The summed E-state index contributed by atoms with van der Waals surface area (Å²) in [6, 6.07) is 4.34. The van der Waals surface area contributed by atoms with Crippen molar-refractivity contribution in [1.82, 2.24) is 5.32 Å². The van der Waals surface area contributed by atoms with Gasteiger partial charge in [-0.25, -0.2) is 13.6 Å². The largest absolute Gasteiger partial charge is 0.487 e. The molecule has 1 aliphatic carbocycles. The third kappa shape index (κ3) is 5.21. The van der Waals surface area contributed by atoms with Crippen LogP contribution in [-0.4, -0.2) is 36.8 Å². The van der Waals surface area contributed by atoms with Crippen LogP contribution in [0.5, 0.6) is 5.75 Å². The van der Waals surface area contributed by atoms with Crippen LogP contribution in [0.1, 0.15) is 12.0 Å². The summed E-state index contributed by atoms with van der Waals surface area (Å²) in [7, 11) is 0. The van der Waals surface area contributed by atoms with Crippen LogP contribution in [0.2, 0.25) is 0 Å². The van der Waals surface area contributed by atoms with Gasteiger partial charge in [0, 0.05) is 30.3 Å². The first-order chi connectivity index (χ1) is 11.0. The fraction of sp³-hybridized carbons (Fsp3) is 0.438. The Labute approximate surface area is 133 Å². The highest BCUT2D eigenvalue weighted by Gasteiger charge is 2.19. The summed E-state index contributed by atoms with van der Waals surface area (Å²) >= 11 is 0. The van der Waals surface area contributed by atoms with E-state index in [0.717, 1.165) is 0 Å². The van der Waals surface area contributed by atoms with Gasteiger partial charge in [-0.2, -0.15) is 0 Å². The molecule has 0 saturated heterocycles. The van der Waals surface area contributed by atoms with Gasteiger partial charge < -0.3 is 20.5 Å². The molecule has 2 rings (SSSR count). The quantitative estimate of drug-likeness (QED) is 0.704. The van der Waals surface area contributed by atoms with Crippen molar-refractivity contribution in [2.75, 3.05) is 18.5 Å². The van der Waals surface area contributed by atoms with Crippen molar-refractivity contribution in [3.63, 3.8) is 0 Å². The summed E-state index contributed by atoms with van der Waals surface area (Å²) in [5.41, 5.74) is 1.17. The zero-order valence-corrected chi connectivity index (χ0v) is 12.8. The number of hydrogen-bond donors (Lipinski definition) is 3. The number of aliphatic hydroxyl groups is 1. The average molecular weight is 326 g/mol. The summed E-state index contributed by atoms with van der Waals surface area (Å²) < 4.78 is 29.5. The molecule has 126 valence electrons.